The minimum Gasteiger partial charge on any atom is -0.381 e. The molecule has 0 fully saturated rings. The molecule has 78 valence electrons. The second kappa shape index (κ2) is 4.79. The number of aryl methyl sites for hydroxylation is 1. The molecule has 15 heavy (non-hydrogen) atoms. The third-order valence-corrected chi connectivity index (χ3v) is 2.81. The van der Waals surface area contributed by atoms with Gasteiger partial charge in [0.1, 0.15) is 5.03 Å². The topological polar surface area (TPSA) is 69.6 Å². The maximum Gasteiger partial charge on any atom is 0.156 e. The lowest BCUT2D eigenvalue weighted by molar-refractivity contribution is 0.770. The quantitative estimate of drug-likeness (QED) is 0.781. The SMILES string of the molecule is Nc1nccnc1SCCn1ccnc1. The van der Waals surface area contributed by atoms with Crippen molar-refractivity contribution in [1.82, 2.24) is 19.5 Å². The molecule has 2 heterocycles. The van der Waals surface area contributed by atoms with Crippen molar-refractivity contribution in [2.45, 2.75) is 11.6 Å². The molecular weight excluding hydrogens is 210 g/mol. The van der Waals surface area contributed by atoms with E-state index in [-0.39, 0.29) is 0 Å². The number of nitrogens with zero attached hydrogens (tertiary/aromatic N) is 4. The van der Waals surface area contributed by atoms with Crippen molar-refractivity contribution in [2.75, 3.05) is 11.5 Å². The molecule has 6 heteroatoms. The predicted molar refractivity (Wildman–Crippen MR) is 59.4 cm³/mol. The van der Waals surface area contributed by atoms with Crippen LogP contribution in [0.4, 0.5) is 5.82 Å². The van der Waals surface area contributed by atoms with Gasteiger partial charge in [-0.3, -0.25) is 0 Å². The van der Waals surface area contributed by atoms with Crippen LogP contribution in [0.3, 0.4) is 0 Å². The molecule has 5 nitrogen and oxygen atoms in total. The van der Waals surface area contributed by atoms with Crippen LogP contribution in [0.5, 0.6) is 0 Å². The summed E-state index contributed by atoms with van der Waals surface area (Å²) in [6.07, 6.45) is 8.73. The first-order valence-corrected chi connectivity index (χ1v) is 5.50. The van der Waals surface area contributed by atoms with Crippen molar-refractivity contribution in [3.05, 3.63) is 31.1 Å². The zero-order chi connectivity index (χ0) is 10.5. The van der Waals surface area contributed by atoms with Crippen LogP contribution in [-0.2, 0) is 6.54 Å². The van der Waals surface area contributed by atoms with Crippen LogP contribution in [0, 0.1) is 0 Å². The van der Waals surface area contributed by atoms with Crippen LogP contribution in [0.1, 0.15) is 0 Å². The van der Waals surface area contributed by atoms with Gasteiger partial charge in [0.25, 0.3) is 0 Å². The summed E-state index contributed by atoms with van der Waals surface area (Å²) in [7, 11) is 0. The van der Waals surface area contributed by atoms with Gasteiger partial charge in [-0.2, -0.15) is 0 Å². The van der Waals surface area contributed by atoms with Crippen LogP contribution < -0.4 is 5.73 Å². The standard InChI is InChI=1S/C9H11N5S/c10-8-9(13-2-1-12-8)15-6-5-14-4-3-11-7-14/h1-4,7H,5-6H2,(H2,10,12). The number of anilines is 1. The minimum atomic E-state index is 0.494. The summed E-state index contributed by atoms with van der Waals surface area (Å²) in [5.41, 5.74) is 5.67. The van der Waals surface area contributed by atoms with Crippen molar-refractivity contribution in [1.29, 1.82) is 0 Å². The second-order valence-electron chi connectivity index (χ2n) is 2.90. The summed E-state index contributed by atoms with van der Waals surface area (Å²) in [5.74, 6) is 1.40. The highest BCUT2D eigenvalue weighted by Gasteiger charge is 2.01. The highest BCUT2D eigenvalue weighted by Crippen LogP contribution is 2.19. The van der Waals surface area contributed by atoms with Crippen LogP contribution in [0.15, 0.2) is 36.1 Å². The minimum absolute atomic E-state index is 0.494. The molecule has 0 radical (unpaired) electrons. The van der Waals surface area contributed by atoms with Crippen LogP contribution in [-0.4, -0.2) is 25.3 Å². The molecule has 0 aliphatic carbocycles. The summed E-state index contributed by atoms with van der Waals surface area (Å²) in [6, 6.07) is 0. The third-order valence-electron chi connectivity index (χ3n) is 1.84. The number of imidazole rings is 1. The van der Waals surface area contributed by atoms with E-state index in [4.69, 9.17) is 5.73 Å². The Hall–Kier alpha value is -1.56. The Morgan fingerprint density at radius 1 is 1.27 bits per heavy atom. The van der Waals surface area contributed by atoms with Crippen LogP contribution in [0.2, 0.25) is 0 Å². The van der Waals surface area contributed by atoms with Gasteiger partial charge in [-0.1, -0.05) is 0 Å². The van der Waals surface area contributed by atoms with Crippen molar-refractivity contribution in [2.24, 2.45) is 0 Å². The molecule has 2 N–H and O–H groups in total. The molecule has 0 saturated heterocycles. The van der Waals surface area contributed by atoms with E-state index in [1.54, 1.807) is 36.7 Å². The van der Waals surface area contributed by atoms with Crippen molar-refractivity contribution in [3.8, 4) is 0 Å². The fourth-order valence-corrected chi connectivity index (χ4v) is 1.95. The largest absolute Gasteiger partial charge is 0.381 e. The molecular formula is C9H11N5S. The zero-order valence-corrected chi connectivity index (χ0v) is 8.89. The van der Waals surface area contributed by atoms with E-state index in [9.17, 15) is 0 Å². The van der Waals surface area contributed by atoms with Crippen molar-refractivity contribution < 1.29 is 0 Å². The van der Waals surface area contributed by atoms with Crippen LogP contribution in [0.25, 0.3) is 0 Å². The van der Waals surface area contributed by atoms with Gasteiger partial charge < -0.3 is 10.3 Å². The summed E-state index contributed by atoms with van der Waals surface area (Å²) in [4.78, 5) is 12.1. The van der Waals surface area contributed by atoms with Gasteiger partial charge in [0.05, 0.1) is 6.33 Å². The average Bonchev–Trinajstić information content (AvgIpc) is 2.74. The van der Waals surface area contributed by atoms with Crippen molar-refractivity contribution in [3.63, 3.8) is 0 Å². The van der Waals surface area contributed by atoms with Gasteiger partial charge in [-0.05, 0) is 0 Å². The van der Waals surface area contributed by atoms with Gasteiger partial charge in [0.15, 0.2) is 5.82 Å². The first-order valence-electron chi connectivity index (χ1n) is 4.51. The Morgan fingerprint density at radius 3 is 2.87 bits per heavy atom. The predicted octanol–water partition coefficient (Wildman–Crippen LogP) is 1.05. The summed E-state index contributed by atoms with van der Waals surface area (Å²) in [5, 5.41) is 0.789. The molecule has 0 aliphatic rings. The number of rotatable bonds is 4. The monoisotopic (exact) mass is 221 g/mol. The molecule has 0 atom stereocenters. The van der Waals surface area contributed by atoms with Crippen molar-refractivity contribution >= 4 is 17.6 Å². The van der Waals surface area contributed by atoms with E-state index in [0.29, 0.717) is 5.82 Å². The lowest BCUT2D eigenvalue weighted by Gasteiger charge is -2.03. The molecule has 0 bridgehead atoms. The fraction of sp³-hybridized carbons (Fsp3) is 0.222. The number of thioether (sulfide) groups is 1. The van der Waals surface area contributed by atoms with E-state index in [1.165, 1.54) is 0 Å². The van der Waals surface area contributed by atoms with Crippen LogP contribution >= 0.6 is 11.8 Å². The Morgan fingerprint density at radius 2 is 2.13 bits per heavy atom. The average molecular weight is 221 g/mol. The van der Waals surface area contributed by atoms with E-state index in [2.05, 4.69) is 15.0 Å². The number of nitrogens with two attached hydrogens (primary N) is 1. The zero-order valence-electron chi connectivity index (χ0n) is 8.08. The fourth-order valence-electron chi connectivity index (χ4n) is 1.11. The van der Waals surface area contributed by atoms with Gasteiger partial charge in [0, 0.05) is 37.1 Å². The van der Waals surface area contributed by atoms with Gasteiger partial charge in [-0.25, -0.2) is 15.0 Å². The molecule has 0 aromatic carbocycles. The first kappa shape index (κ1) is 9.97. The lowest BCUT2D eigenvalue weighted by atomic mass is 10.7. The van der Waals surface area contributed by atoms with E-state index in [1.807, 2.05) is 10.8 Å². The molecule has 0 unspecified atom stereocenters. The molecule has 0 saturated carbocycles. The maximum absolute atomic E-state index is 5.67. The smallest absolute Gasteiger partial charge is 0.156 e. The highest BCUT2D eigenvalue weighted by atomic mass is 32.2. The van der Waals surface area contributed by atoms with Gasteiger partial charge in [-0.15, -0.1) is 11.8 Å². The molecule has 2 aromatic rings. The number of hydrogen-bond acceptors (Lipinski definition) is 5. The molecule has 0 aliphatic heterocycles. The van der Waals surface area contributed by atoms with Gasteiger partial charge >= 0.3 is 0 Å². The Kier molecular flexibility index (Phi) is 3.18. The number of aromatic nitrogens is 4. The molecule has 0 spiro atoms. The normalized spacial score (nSPS) is 10.4. The third kappa shape index (κ3) is 2.69. The Bertz CT molecular complexity index is 414. The maximum atomic E-state index is 5.67. The highest BCUT2D eigenvalue weighted by molar-refractivity contribution is 7.99. The molecule has 2 rings (SSSR count). The Labute approximate surface area is 91.8 Å². The number of nitrogen functional groups attached to an aromatic ring is 1. The molecule has 2 aromatic heterocycles. The Balaban J connectivity index is 1.86. The summed E-state index contributed by atoms with van der Waals surface area (Å²) < 4.78 is 2.01. The molecule has 0 amide bonds. The second-order valence-corrected chi connectivity index (χ2v) is 3.98. The lowest BCUT2D eigenvalue weighted by Crippen LogP contribution is -1.99. The van der Waals surface area contributed by atoms with Gasteiger partial charge in [0.2, 0.25) is 0 Å². The summed E-state index contributed by atoms with van der Waals surface area (Å²) in [6.45, 7) is 0.890. The number of hydrogen-bond donors (Lipinski definition) is 1. The van der Waals surface area contributed by atoms with E-state index < -0.39 is 0 Å². The van der Waals surface area contributed by atoms with E-state index in [0.717, 1.165) is 17.3 Å². The summed E-state index contributed by atoms with van der Waals surface area (Å²) >= 11 is 1.60. The van der Waals surface area contributed by atoms with E-state index >= 15 is 0 Å². The first-order chi connectivity index (χ1) is 7.36.